The fourth-order valence-corrected chi connectivity index (χ4v) is 1.90. The van der Waals surface area contributed by atoms with E-state index in [1.165, 1.54) is 5.57 Å². The van der Waals surface area contributed by atoms with E-state index in [2.05, 4.69) is 16.7 Å². The Balaban J connectivity index is 1.72. The highest BCUT2D eigenvalue weighted by Gasteiger charge is 2.16. The third-order valence-electron chi connectivity index (χ3n) is 2.92. The molecule has 0 radical (unpaired) electrons. The number of rotatable bonds is 2. The van der Waals surface area contributed by atoms with E-state index in [0.29, 0.717) is 32.8 Å². The van der Waals surface area contributed by atoms with Gasteiger partial charge in [0.05, 0.1) is 13.2 Å². The Morgan fingerprint density at radius 2 is 2.31 bits per heavy atom. The summed E-state index contributed by atoms with van der Waals surface area (Å²) in [6.45, 7) is 5.32. The number of nitrogens with zero attached hydrogens (tertiary/aromatic N) is 1. The molecule has 0 unspecified atom stereocenters. The molecule has 5 nitrogen and oxygen atoms in total. The third-order valence-corrected chi connectivity index (χ3v) is 2.92. The Kier molecular flexibility index (Phi) is 4.18. The molecule has 2 aliphatic heterocycles. The smallest absolute Gasteiger partial charge is 0.317 e. The number of ether oxygens (including phenoxy) is 1. The van der Waals surface area contributed by atoms with Crippen molar-refractivity contribution in [3.05, 3.63) is 11.6 Å². The first-order valence-corrected chi connectivity index (χ1v) is 5.85. The molecule has 0 aromatic heterocycles. The summed E-state index contributed by atoms with van der Waals surface area (Å²) in [5, 5.41) is 6.21. The standard InChI is InChI=1S/C11H19N3O2/c15-11(14-5-7-16-8-6-14)13-9-10-1-3-12-4-2-10/h1,12H,2-9H2,(H,13,15). The third kappa shape index (κ3) is 3.21. The second-order valence-electron chi connectivity index (χ2n) is 4.07. The Bertz CT molecular complexity index is 272. The van der Waals surface area contributed by atoms with Gasteiger partial charge in [-0.3, -0.25) is 0 Å². The molecule has 2 amide bonds. The monoisotopic (exact) mass is 225 g/mol. The maximum atomic E-state index is 11.8. The molecule has 90 valence electrons. The van der Waals surface area contributed by atoms with E-state index in [1.54, 1.807) is 0 Å². The van der Waals surface area contributed by atoms with Crippen LogP contribution in [0, 0.1) is 0 Å². The van der Waals surface area contributed by atoms with Crippen LogP contribution in [-0.2, 0) is 4.74 Å². The van der Waals surface area contributed by atoms with E-state index in [1.807, 2.05) is 4.90 Å². The van der Waals surface area contributed by atoms with Gasteiger partial charge in [0.2, 0.25) is 0 Å². The number of nitrogens with one attached hydrogen (secondary N) is 2. The molecule has 2 rings (SSSR count). The van der Waals surface area contributed by atoms with Crippen molar-refractivity contribution < 1.29 is 9.53 Å². The molecule has 5 heteroatoms. The number of urea groups is 1. The molecule has 0 aliphatic carbocycles. The molecule has 0 saturated carbocycles. The van der Waals surface area contributed by atoms with Crippen LogP contribution in [0.2, 0.25) is 0 Å². The van der Waals surface area contributed by atoms with Crippen molar-refractivity contribution in [2.24, 2.45) is 0 Å². The lowest BCUT2D eigenvalue weighted by Crippen LogP contribution is -2.46. The van der Waals surface area contributed by atoms with Gasteiger partial charge in [0.1, 0.15) is 0 Å². The minimum atomic E-state index is 0.0303. The number of carbonyl (C=O) groups excluding carboxylic acids is 1. The summed E-state index contributed by atoms with van der Waals surface area (Å²) in [6, 6.07) is 0.0303. The summed E-state index contributed by atoms with van der Waals surface area (Å²) < 4.78 is 5.20. The van der Waals surface area contributed by atoms with Gasteiger partial charge in [0, 0.05) is 26.2 Å². The molecule has 0 bridgehead atoms. The van der Waals surface area contributed by atoms with E-state index in [4.69, 9.17) is 4.74 Å². The lowest BCUT2D eigenvalue weighted by atomic mass is 10.1. The van der Waals surface area contributed by atoms with Gasteiger partial charge in [-0.05, 0) is 13.0 Å². The fourth-order valence-electron chi connectivity index (χ4n) is 1.90. The summed E-state index contributed by atoms with van der Waals surface area (Å²) in [4.78, 5) is 13.6. The average Bonchev–Trinajstić information content (AvgIpc) is 2.38. The Labute approximate surface area is 95.8 Å². The largest absolute Gasteiger partial charge is 0.378 e. The topological polar surface area (TPSA) is 53.6 Å². The molecular formula is C11H19N3O2. The van der Waals surface area contributed by atoms with Gasteiger partial charge in [-0.1, -0.05) is 11.6 Å². The van der Waals surface area contributed by atoms with Crippen LogP contribution in [0.15, 0.2) is 11.6 Å². The Morgan fingerprint density at radius 1 is 1.50 bits per heavy atom. The van der Waals surface area contributed by atoms with E-state index < -0.39 is 0 Å². The first kappa shape index (κ1) is 11.4. The number of amides is 2. The SMILES string of the molecule is O=C(NCC1=CCNCC1)N1CCOCC1. The molecule has 0 aromatic carbocycles. The number of hydrogen-bond donors (Lipinski definition) is 2. The maximum Gasteiger partial charge on any atom is 0.317 e. The van der Waals surface area contributed by atoms with Gasteiger partial charge < -0.3 is 20.3 Å². The number of carbonyl (C=O) groups is 1. The zero-order chi connectivity index (χ0) is 11.2. The normalized spacial score (nSPS) is 21.5. The van der Waals surface area contributed by atoms with Gasteiger partial charge in [0.25, 0.3) is 0 Å². The van der Waals surface area contributed by atoms with Gasteiger partial charge in [-0.15, -0.1) is 0 Å². The average molecular weight is 225 g/mol. The van der Waals surface area contributed by atoms with E-state index in [9.17, 15) is 4.79 Å². The van der Waals surface area contributed by atoms with Crippen LogP contribution in [-0.4, -0.2) is 56.9 Å². The molecule has 0 spiro atoms. The summed E-state index contributed by atoms with van der Waals surface area (Å²) in [5.74, 6) is 0. The van der Waals surface area contributed by atoms with Crippen molar-refractivity contribution >= 4 is 6.03 Å². The molecule has 1 fully saturated rings. The molecule has 2 aliphatic rings. The highest BCUT2D eigenvalue weighted by atomic mass is 16.5. The fraction of sp³-hybridized carbons (Fsp3) is 0.727. The lowest BCUT2D eigenvalue weighted by Gasteiger charge is -2.27. The maximum absolute atomic E-state index is 11.8. The highest BCUT2D eigenvalue weighted by Crippen LogP contribution is 2.03. The van der Waals surface area contributed by atoms with Gasteiger partial charge in [-0.25, -0.2) is 4.79 Å². The van der Waals surface area contributed by atoms with E-state index in [-0.39, 0.29) is 6.03 Å². The van der Waals surface area contributed by atoms with Crippen molar-refractivity contribution in [2.75, 3.05) is 45.9 Å². The zero-order valence-corrected chi connectivity index (χ0v) is 9.50. The van der Waals surface area contributed by atoms with Crippen LogP contribution < -0.4 is 10.6 Å². The van der Waals surface area contributed by atoms with Crippen LogP contribution in [0.3, 0.4) is 0 Å². The first-order valence-electron chi connectivity index (χ1n) is 5.85. The zero-order valence-electron chi connectivity index (χ0n) is 9.50. The molecule has 16 heavy (non-hydrogen) atoms. The summed E-state index contributed by atoms with van der Waals surface area (Å²) in [6.07, 6.45) is 3.19. The predicted octanol–water partition coefficient (Wildman–Crippen LogP) is -0.0521. The van der Waals surface area contributed by atoms with Gasteiger partial charge in [0.15, 0.2) is 0 Å². The van der Waals surface area contributed by atoms with Crippen molar-refractivity contribution in [3.63, 3.8) is 0 Å². The van der Waals surface area contributed by atoms with Crippen LogP contribution in [0.25, 0.3) is 0 Å². The molecule has 1 saturated heterocycles. The van der Waals surface area contributed by atoms with Crippen molar-refractivity contribution in [3.8, 4) is 0 Å². The molecule has 2 heterocycles. The molecular weight excluding hydrogens is 206 g/mol. The van der Waals surface area contributed by atoms with Crippen LogP contribution >= 0.6 is 0 Å². The molecule has 2 N–H and O–H groups in total. The summed E-state index contributed by atoms with van der Waals surface area (Å²) in [5.41, 5.74) is 1.32. The van der Waals surface area contributed by atoms with Crippen molar-refractivity contribution in [1.82, 2.24) is 15.5 Å². The Morgan fingerprint density at radius 3 is 3.00 bits per heavy atom. The van der Waals surface area contributed by atoms with Gasteiger partial charge >= 0.3 is 6.03 Å². The highest BCUT2D eigenvalue weighted by molar-refractivity contribution is 5.74. The number of morpholine rings is 1. The van der Waals surface area contributed by atoms with Crippen LogP contribution in [0.1, 0.15) is 6.42 Å². The predicted molar refractivity (Wildman–Crippen MR) is 61.4 cm³/mol. The molecule has 0 atom stereocenters. The second kappa shape index (κ2) is 5.86. The van der Waals surface area contributed by atoms with Crippen LogP contribution in [0.4, 0.5) is 4.79 Å². The van der Waals surface area contributed by atoms with Gasteiger partial charge in [-0.2, -0.15) is 0 Å². The Hall–Kier alpha value is -1.07. The number of hydrogen-bond acceptors (Lipinski definition) is 3. The molecule has 0 aromatic rings. The van der Waals surface area contributed by atoms with E-state index >= 15 is 0 Å². The van der Waals surface area contributed by atoms with Crippen LogP contribution in [0.5, 0.6) is 0 Å². The first-order chi connectivity index (χ1) is 7.86. The second-order valence-corrected chi connectivity index (χ2v) is 4.07. The summed E-state index contributed by atoms with van der Waals surface area (Å²) >= 11 is 0. The minimum Gasteiger partial charge on any atom is -0.378 e. The summed E-state index contributed by atoms with van der Waals surface area (Å²) in [7, 11) is 0. The van der Waals surface area contributed by atoms with Crippen molar-refractivity contribution in [2.45, 2.75) is 6.42 Å². The van der Waals surface area contributed by atoms with E-state index in [0.717, 1.165) is 19.5 Å². The quantitative estimate of drug-likeness (QED) is 0.648. The lowest BCUT2D eigenvalue weighted by molar-refractivity contribution is 0.0534. The van der Waals surface area contributed by atoms with Crippen molar-refractivity contribution in [1.29, 1.82) is 0 Å². The minimum absolute atomic E-state index is 0.0303.